The van der Waals surface area contributed by atoms with Gasteiger partial charge in [0.2, 0.25) is 0 Å². The van der Waals surface area contributed by atoms with Gasteiger partial charge in [-0.2, -0.15) is 13.2 Å². The van der Waals surface area contributed by atoms with Gasteiger partial charge in [0.05, 0.1) is 39.9 Å². The molecule has 4 aromatic heterocycles. The van der Waals surface area contributed by atoms with Gasteiger partial charge in [0.15, 0.2) is 17.3 Å². The van der Waals surface area contributed by atoms with Crippen molar-refractivity contribution >= 4 is 49.3 Å². The first-order valence-corrected chi connectivity index (χ1v) is 21.6. The van der Waals surface area contributed by atoms with Crippen LogP contribution in [0.1, 0.15) is 34.4 Å². The summed E-state index contributed by atoms with van der Waals surface area (Å²) in [5.74, 6) is 3.63. The van der Waals surface area contributed by atoms with Crippen molar-refractivity contribution in [3.8, 4) is 56.4 Å². The first-order valence-electron chi connectivity index (χ1n) is 21.6. The number of hydrogen-bond donors (Lipinski definition) is 0. The van der Waals surface area contributed by atoms with Gasteiger partial charge < -0.3 is 9.13 Å². The van der Waals surface area contributed by atoms with Gasteiger partial charge in [0.25, 0.3) is 0 Å². The number of alkyl halides is 3. The molecular weight excluding hydrogens is 844 g/mol. The van der Waals surface area contributed by atoms with Crippen molar-refractivity contribution in [1.29, 1.82) is 0 Å². The van der Waals surface area contributed by atoms with E-state index in [1.165, 1.54) is 6.07 Å². The first kappa shape index (κ1) is 41.2. The molecular formula is C55H38F3N9. The lowest BCUT2D eigenvalue weighted by Crippen LogP contribution is -2.06. The minimum absolute atomic E-state index is 0.373. The van der Waals surface area contributed by atoms with Gasteiger partial charge in [-0.1, -0.05) is 66.7 Å². The van der Waals surface area contributed by atoms with Crippen LogP contribution >= 0.6 is 0 Å². The number of nitrogens with zero attached hydrogens (tertiary/aromatic N) is 9. The van der Waals surface area contributed by atoms with Crippen LogP contribution in [0.3, 0.4) is 0 Å². The van der Waals surface area contributed by atoms with Crippen LogP contribution in [0.5, 0.6) is 0 Å². The summed E-state index contributed by atoms with van der Waals surface area (Å²) in [6, 6.07) is 44.1. The van der Waals surface area contributed by atoms with Gasteiger partial charge in [-0.3, -0.25) is 0 Å². The molecule has 12 heteroatoms. The van der Waals surface area contributed by atoms with E-state index in [9.17, 15) is 13.2 Å². The summed E-state index contributed by atoms with van der Waals surface area (Å²) in [6.45, 7) is 17.8. The van der Waals surface area contributed by atoms with Gasteiger partial charge in [-0.05, 0) is 124 Å². The minimum atomic E-state index is -4.53. The maximum atomic E-state index is 14.2. The summed E-state index contributed by atoms with van der Waals surface area (Å²) in [5.41, 5.74) is 9.35. The lowest BCUT2D eigenvalue weighted by atomic mass is 9.88. The topological polar surface area (TPSA) is 91.6 Å². The lowest BCUT2D eigenvalue weighted by molar-refractivity contribution is -0.137. The second-order valence-electron chi connectivity index (χ2n) is 16.7. The molecule has 4 heterocycles. The molecule has 0 unspecified atom stereocenters. The number of benzene rings is 7. The molecule has 0 fully saturated rings. The summed E-state index contributed by atoms with van der Waals surface area (Å²) >= 11 is 0. The molecule has 0 aliphatic rings. The molecule has 0 radical (unpaired) electrons. The van der Waals surface area contributed by atoms with E-state index >= 15 is 0 Å². The molecule has 0 aliphatic carbocycles. The Hall–Kier alpha value is -8.56. The Morgan fingerprint density at radius 2 is 0.925 bits per heavy atom. The molecule has 324 valence electrons. The van der Waals surface area contributed by atoms with E-state index in [0.29, 0.717) is 68.5 Å². The van der Waals surface area contributed by atoms with Crippen LogP contribution in [0.2, 0.25) is 0 Å². The Morgan fingerprint density at radius 1 is 0.448 bits per heavy atom. The highest BCUT2D eigenvalue weighted by Gasteiger charge is 2.32. The highest BCUT2D eigenvalue weighted by Crippen LogP contribution is 2.49. The lowest BCUT2D eigenvalue weighted by Gasteiger charge is -2.23. The quantitative estimate of drug-likeness (QED) is 0.155. The molecule has 0 saturated heterocycles. The fraction of sp³-hybridized carbons (Fsp3) is 0.109. The van der Waals surface area contributed by atoms with Crippen LogP contribution in [0, 0.1) is 41.2 Å². The van der Waals surface area contributed by atoms with Crippen LogP contribution in [0.4, 0.5) is 18.9 Å². The summed E-state index contributed by atoms with van der Waals surface area (Å²) in [6.07, 6.45) is -4.53. The van der Waals surface area contributed by atoms with E-state index in [4.69, 9.17) is 6.57 Å². The zero-order chi connectivity index (χ0) is 46.3. The Kier molecular flexibility index (Phi) is 9.56. The SMILES string of the molecule is [C-]#[N+]c1cccc(-n2c3ccccc3c3cc(-c4nc(C)nc(C)n4)ccc32)c1-c1c(-c2ccc(C(F)(F)F)cc2C)cccc1-n1c2ccccc2c2cc(-c3nc(C)nc(C)n3)ccc21. The Balaban J connectivity index is 1.25. The first-order chi connectivity index (χ1) is 32.4. The molecule has 9 nitrogen and oxygen atoms in total. The van der Waals surface area contributed by atoms with E-state index in [-0.39, 0.29) is 0 Å². The third-order valence-electron chi connectivity index (χ3n) is 12.3. The molecule has 11 rings (SSSR count). The number of hydrogen-bond acceptors (Lipinski definition) is 6. The van der Waals surface area contributed by atoms with Crippen LogP contribution in [-0.2, 0) is 6.18 Å². The molecule has 0 aliphatic heterocycles. The standard InChI is InChI=1S/C55H38F3N9/c1-30-27-37(55(56,57)58)23-24-38(30)41-15-11-19-49(66-45-17-9-7-13-39(45)42-28-35(21-25-47(42)66)53-62-31(2)60-32(3)63-53)51(41)52-44(59-6)16-12-20-50(52)67-46-18-10-8-14-40(46)43-29-36(22-26-48(43)67)54-64-33(4)61-34(5)65-54/h7-29H,1-5H3. The van der Waals surface area contributed by atoms with E-state index in [0.717, 1.165) is 72.2 Å². The summed E-state index contributed by atoms with van der Waals surface area (Å²) in [5, 5.41) is 3.86. The van der Waals surface area contributed by atoms with Crippen molar-refractivity contribution in [1.82, 2.24) is 39.0 Å². The largest absolute Gasteiger partial charge is 0.416 e. The zero-order valence-electron chi connectivity index (χ0n) is 36.9. The number of halogens is 3. The number of aryl methyl sites for hydroxylation is 5. The molecule has 11 aromatic rings. The molecule has 0 N–H and O–H groups in total. The van der Waals surface area contributed by atoms with Crippen molar-refractivity contribution in [2.75, 3.05) is 0 Å². The average molecular weight is 882 g/mol. The van der Waals surface area contributed by atoms with Gasteiger partial charge in [-0.25, -0.2) is 34.7 Å². The second-order valence-corrected chi connectivity index (χ2v) is 16.7. The van der Waals surface area contributed by atoms with E-state index < -0.39 is 11.7 Å². The van der Waals surface area contributed by atoms with E-state index in [1.54, 1.807) is 19.1 Å². The highest BCUT2D eigenvalue weighted by atomic mass is 19.4. The van der Waals surface area contributed by atoms with Gasteiger partial charge >= 0.3 is 6.18 Å². The summed E-state index contributed by atoms with van der Waals surface area (Å²) < 4.78 is 47.1. The number of fused-ring (bicyclic) bond motifs is 6. The van der Waals surface area contributed by atoms with Crippen LogP contribution < -0.4 is 0 Å². The molecule has 67 heavy (non-hydrogen) atoms. The summed E-state index contributed by atoms with van der Waals surface area (Å²) in [4.78, 5) is 31.6. The van der Waals surface area contributed by atoms with Crippen LogP contribution in [-0.4, -0.2) is 39.0 Å². The van der Waals surface area contributed by atoms with Crippen molar-refractivity contribution < 1.29 is 13.2 Å². The van der Waals surface area contributed by atoms with Gasteiger partial charge in [0, 0.05) is 49.5 Å². The highest BCUT2D eigenvalue weighted by molar-refractivity contribution is 6.14. The maximum absolute atomic E-state index is 14.2. The Morgan fingerprint density at radius 3 is 1.42 bits per heavy atom. The predicted molar refractivity (Wildman–Crippen MR) is 259 cm³/mol. The Bertz CT molecular complexity index is 3850. The molecule has 0 bridgehead atoms. The minimum Gasteiger partial charge on any atom is -0.310 e. The summed E-state index contributed by atoms with van der Waals surface area (Å²) in [7, 11) is 0. The van der Waals surface area contributed by atoms with E-state index in [2.05, 4.69) is 92.4 Å². The van der Waals surface area contributed by atoms with E-state index in [1.807, 2.05) is 94.4 Å². The number of rotatable bonds is 6. The number of aromatic nitrogens is 8. The second kappa shape index (κ2) is 15.6. The maximum Gasteiger partial charge on any atom is 0.416 e. The fourth-order valence-electron chi connectivity index (χ4n) is 9.65. The monoisotopic (exact) mass is 881 g/mol. The van der Waals surface area contributed by atoms with Crippen LogP contribution in [0.25, 0.3) is 105 Å². The van der Waals surface area contributed by atoms with Crippen LogP contribution in [0.15, 0.2) is 140 Å². The van der Waals surface area contributed by atoms with Crippen molar-refractivity contribution in [2.45, 2.75) is 40.8 Å². The predicted octanol–water partition coefficient (Wildman–Crippen LogP) is 14.0. The molecule has 0 saturated carbocycles. The third-order valence-corrected chi connectivity index (χ3v) is 12.3. The molecule has 0 spiro atoms. The zero-order valence-corrected chi connectivity index (χ0v) is 36.9. The van der Waals surface area contributed by atoms with Crippen molar-refractivity contribution in [3.05, 3.63) is 185 Å². The van der Waals surface area contributed by atoms with Crippen molar-refractivity contribution in [3.63, 3.8) is 0 Å². The van der Waals surface area contributed by atoms with Gasteiger partial charge in [-0.15, -0.1) is 0 Å². The fourth-order valence-corrected chi connectivity index (χ4v) is 9.65. The molecule has 0 amide bonds. The molecule has 0 atom stereocenters. The molecule has 7 aromatic carbocycles. The number of para-hydroxylation sites is 2. The normalized spacial score (nSPS) is 11.9. The smallest absolute Gasteiger partial charge is 0.310 e. The van der Waals surface area contributed by atoms with Gasteiger partial charge in [0.1, 0.15) is 23.3 Å². The third kappa shape index (κ3) is 6.86. The average Bonchev–Trinajstić information content (AvgIpc) is 3.82. The Labute approximate surface area is 382 Å². The van der Waals surface area contributed by atoms with Crippen molar-refractivity contribution in [2.24, 2.45) is 0 Å².